The highest BCUT2D eigenvalue weighted by atomic mass is 19.1. The van der Waals surface area contributed by atoms with Crippen molar-refractivity contribution in [2.24, 2.45) is 0 Å². The molecular weight excluding hydrogens is 246 g/mol. The molecule has 0 amide bonds. The topological polar surface area (TPSA) is 38.0 Å². The van der Waals surface area contributed by atoms with E-state index >= 15 is 0 Å². The zero-order chi connectivity index (χ0) is 13.8. The number of rotatable bonds is 4. The standard InChI is InChI=1S/C15H16F2N2/c1-10-2-3-14(9-15(10)18)19-5-4-11-6-12(16)8-13(17)7-11/h2-3,6-9,19H,4-5,18H2,1H3. The summed E-state index contributed by atoms with van der Waals surface area (Å²) in [7, 11) is 0. The second-order valence-corrected chi connectivity index (χ2v) is 4.53. The van der Waals surface area contributed by atoms with E-state index < -0.39 is 11.6 Å². The summed E-state index contributed by atoms with van der Waals surface area (Å²) in [5.41, 5.74) is 9.09. The third-order valence-electron chi connectivity index (χ3n) is 2.94. The number of nitrogen functional groups attached to an aromatic ring is 1. The second-order valence-electron chi connectivity index (χ2n) is 4.53. The number of anilines is 2. The zero-order valence-electron chi connectivity index (χ0n) is 10.7. The first-order valence-electron chi connectivity index (χ1n) is 6.09. The van der Waals surface area contributed by atoms with Gasteiger partial charge in [-0.05, 0) is 48.7 Å². The molecule has 0 unspecified atom stereocenters. The van der Waals surface area contributed by atoms with E-state index in [-0.39, 0.29) is 0 Å². The molecule has 0 spiro atoms. The summed E-state index contributed by atoms with van der Waals surface area (Å²) in [6, 6.07) is 9.26. The minimum atomic E-state index is -0.547. The van der Waals surface area contributed by atoms with Crippen molar-refractivity contribution in [3.05, 3.63) is 59.2 Å². The zero-order valence-corrected chi connectivity index (χ0v) is 10.7. The molecule has 0 aliphatic rings. The van der Waals surface area contributed by atoms with Crippen LogP contribution >= 0.6 is 0 Å². The number of hydrogen-bond acceptors (Lipinski definition) is 2. The highest BCUT2D eigenvalue weighted by Crippen LogP contribution is 2.17. The summed E-state index contributed by atoms with van der Waals surface area (Å²) in [6.07, 6.45) is 0.544. The Labute approximate surface area is 111 Å². The maximum absolute atomic E-state index is 13.0. The largest absolute Gasteiger partial charge is 0.398 e. The summed E-state index contributed by atoms with van der Waals surface area (Å²) in [6.45, 7) is 2.53. The van der Waals surface area contributed by atoms with Crippen LogP contribution in [0.4, 0.5) is 20.2 Å². The molecule has 0 atom stereocenters. The lowest BCUT2D eigenvalue weighted by Gasteiger charge is -2.09. The fourth-order valence-corrected chi connectivity index (χ4v) is 1.86. The van der Waals surface area contributed by atoms with Crippen molar-refractivity contribution in [3.8, 4) is 0 Å². The Kier molecular flexibility index (Phi) is 4.00. The fourth-order valence-electron chi connectivity index (χ4n) is 1.86. The van der Waals surface area contributed by atoms with Gasteiger partial charge in [0.05, 0.1) is 0 Å². The monoisotopic (exact) mass is 262 g/mol. The molecule has 0 aliphatic heterocycles. The molecule has 19 heavy (non-hydrogen) atoms. The number of aryl methyl sites for hydroxylation is 1. The molecule has 4 heteroatoms. The molecule has 0 saturated heterocycles. The Balaban J connectivity index is 1.94. The van der Waals surface area contributed by atoms with Crippen molar-refractivity contribution in [2.75, 3.05) is 17.6 Å². The average molecular weight is 262 g/mol. The van der Waals surface area contributed by atoms with Gasteiger partial charge < -0.3 is 11.1 Å². The molecule has 2 rings (SSSR count). The maximum Gasteiger partial charge on any atom is 0.126 e. The Morgan fingerprint density at radius 1 is 1.05 bits per heavy atom. The van der Waals surface area contributed by atoms with Crippen LogP contribution in [0.25, 0.3) is 0 Å². The highest BCUT2D eigenvalue weighted by molar-refractivity contribution is 5.58. The van der Waals surface area contributed by atoms with Gasteiger partial charge in [-0.25, -0.2) is 8.78 Å². The van der Waals surface area contributed by atoms with Crippen LogP contribution in [0, 0.1) is 18.6 Å². The van der Waals surface area contributed by atoms with Crippen LogP contribution in [0.3, 0.4) is 0 Å². The minimum absolute atomic E-state index is 0.544. The van der Waals surface area contributed by atoms with Gasteiger partial charge >= 0.3 is 0 Å². The first-order chi connectivity index (χ1) is 9.04. The first kappa shape index (κ1) is 13.3. The predicted molar refractivity (Wildman–Crippen MR) is 74.1 cm³/mol. The Bertz CT molecular complexity index is 562. The Morgan fingerprint density at radius 3 is 2.37 bits per heavy atom. The maximum atomic E-state index is 13.0. The summed E-state index contributed by atoms with van der Waals surface area (Å²) in [5.74, 6) is -1.09. The van der Waals surface area contributed by atoms with E-state index in [0.29, 0.717) is 18.5 Å². The molecule has 0 saturated carbocycles. The van der Waals surface area contributed by atoms with Gasteiger partial charge in [0.2, 0.25) is 0 Å². The molecule has 100 valence electrons. The van der Waals surface area contributed by atoms with Crippen LogP contribution in [-0.2, 0) is 6.42 Å². The number of nitrogens with one attached hydrogen (secondary N) is 1. The molecule has 2 nitrogen and oxygen atoms in total. The molecule has 0 radical (unpaired) electrons. The summed E-state index contributed by atoms with van der Waals surface area (Å²) < 4.78 is 26.0. The van der Waals surface area contributed by atoms with Gasteiger partial charge in [0, 0.05) is 24.0 Å². The van der Waals surface area contributed by atoms with Crippen molar-refractivity contribution < 1.29 is 8.78 Å². The van der Waals surface area contributed by atoms with Gasteiger partial charge in [-0.1, -0.05) is 6.07 Å². The van der Waals surface area contributed by atoms with Gasteiger partial charge in [0.25, 0.3) is 0 Å². The SMILES string of the molecule is Cc1ccc(NCCc2cc(F)cc(F)c2)cc1N. The van der Waals surface area contributed by atoms with E-state index in [2.05, 4.69) is 5.32 Å². The van der Waals surface area contributed by atoms with Crippen molar-refractivity contribution in [1.82, 2.24) is 0 Å². The highest BCUT2D eigenvalue weighted by Gasteiger charge is 2.01. The lowest BCUT2D eigenvalue weighted by atomic mass is 10.1. The summed E-state index contributed by atoms with van der Waals surface area (Å²) in [4.78, 5) is 0. The lowest BCUT2D eigenvalue weighted by molar-refractivity contribution is 0.580. The van der Waals surface area contributed by atoms with E-state index in [1.54, 1.807) is 0 Å². The van der Waals surface area contributed by atoms with Crippen LogP contribution in [0.15, 0.2) is 36.4 Å². The van der Waals surface area contributed by atoms with Crippen molar-refractivity contribution in [2.45, 2.75) is 13.3 Å². The molecule has 0 aromatic heterocycles. The number of hydrogen-bond donors (Lipinski definition) is 2. The molecule has 3 N–H and O–H groups in total. The third kappa shape index (κ3) is 3.68. The first-order valence-corrected chi connectivity index (χ1v) is 6.09. The number of benzene rings is 2. The normalized spacial score (nSPS) is 10.5. The van der Waals surface area contributed by atoms with Crippen LogP contribution in [0.5, 0.6) is 0 Å². The molecule has 2 aromatic rings. The molecule has 0 heterocycles. The minimum Gasteiger partial charge on any atom is -0.398 e. The van der Waals surface area contributed by atoms with E-state index in [1.807, 2.05) is 25.1 Å². The van der Waals surface area contributed by atoms with Gasteiger partial charge in [-0.3, -0.25) is 0 Å². The quantitative estimate of drug-likeness (QED) is 0.827. The Hall–Kier alpha value is -2.10. The number of nitrogens with two attached hydrogens (primary N) is 1. The van der Waals surface area contributed by atoms with Crippen LogP contribution in [0.2, 0.25) is 0 Å². The fraction of sp³-hybridized carbons (Fsp3) is 0.200. The van der Waals surface area contributed by atoms with Gasteiger partial charge in [-0.2, -0.15) is 0 Å². The molecular formula is C15H16F2N2. The smallest absolute Gasteiger partial charge is 0.126 e. The second kappa shape index (κ2) is 5.69. The third-order valence-corrected chi connectivity index (χ3v) is 2.94. The van der Waals surface area contributed by atoms with E-state index in [0.717, 1.165) is 23.0 Å². The van der Waals surface area contributed by atoms with E-state index in [4.69, 9.17) is 5.73 Å². The van der Waals surface area contributed by atoms with Crippen molar-refractivity contribution >= 4 is 11.4 Å². The van der Waals surface area contributed by atoms with Crippen LogP contribution in [-0.4, -0.2) is 6.54 Å². The van der Waals surface area contributed by atoms with E-state index in [1.165, 1.54) is 12.1 Å². The summed E-state index contributed by atoms with van der Waals surface area (Å²) >= 11 is 0. The molecule has 0 bridgehead atoms. The predicted octanol–water partition coefficient (Wildman–Crippen LogP) is 3.51. The molecule has 0 aliphatic carbocycles. The molecule has 0 fully saturated rings. The Morgan fingerprint density at radius 2 is 1.74 bits per heavy atom. The average Bonchev–Trinajstić information content (AvgIpc) is 2.32. The van der Waals surface area contributed by atoms with Crippen LogP contribution < -0.4 is 11.1 Å². The van der Waals surface area contributed by atoms with Gasteiger partial charge in [0.15, 0.2) is 0 Å². The van der Waals surface area contributed by atoms with Crippen molar-refractivity contribution in [1.29, 1.82) is 0 Å². The van der Waals surface area contributed by atoms with Crippen molar-refractivity contribution in [3.63, 3.8) is 0 Å². The van der Waals surface area contributed by atoms with E-state index in [9.17, 15) is 8.78 Å². The van der Waals surface area contributed by atoms with Crippen LogP contribution in [0.1, 0.15) is 11.1 Å². The molecule has 2 aromatic carbocycles. The number of halogens is 2. The van der Waals surface area contributed by atoms with Gasteiger partial charge in [0.1, 0.15) is 11.6 Å². The summed E-state index contributed by atoms with van der Waals surface area (Å²) in [5, 5.41) is 3.18. The lowest BCUT2D eigenvalue weighted by Crippen LogP contribution is -2.06. The van der Waals surface area contributed by atoms with Gasteiger partial charge in [-0.15, -0.1) is 0 Å².